The number of rotatable bonds is 32. The summed E-state index contributed by atoms with van der Waals surface area (Å²) in [5.41, 5.74) is 0. The van der Waals surface area contributed by atoms with Crippen LogP contribution in [0, 0.1) is 17.8 Å². The van der Waals surface area contributed by atoms with Crippen LogP contribution in [0.2, 0.25) is 0 Å². The van der Waals surface area contributed by atoms with Crippen LogP contribution in [0.15, 0.2) is 0 Å². The second-order valence-corrected chi connectivity index (χ2v) is 13.8. The van der Waals surface area contributed by atoms with E-state index in [1.54, 1.807) is 0 Å². The molecule has 0 rings (SSSR count). The molecule has 0 aliphatic rings. The SMILES string of the molecule is CCCCCCCCCCCCCCCCCCCCC(C)CCCC(C)CCCC(C)CCCCCC. The fourth-order valence-electron chi connectivity index (χ4n) is 6.38. The summed E-state index contributed by atoms with van der Waals surface area (Å²) in [6.45, 7) is 12.1. The molecule has 0 saturated carbocycles. The Balaban J connectivity index is 3.30. The molecule has 0 nitrogen and oxygen atoms in total. The molecular weight excluding hydrogens is 456 g/mol. The summed E-state index contributed by atoms with van der Waals surface area (Å²) in [7, 11) is 0. The van der Waals surface area contributed by atoms with E-state index in [-0.39, 0.29) is 0 Å². The standard InChI is InChI=1S/C38H78/c1-6-8-10-12-13-14-15-16-17-18-19-20-21-22-23-24-25-27-31-37(4)33-29-35-38(5)34-28-32-36(3)30-26-11-9-7-2/h36-38H,6-35H2,1-5H3. The highest BCUT2D eigenvalue weighted by Crippen LogP contribution is 2.23. The fraction of sp³-hybridized carbons (Fsp3) is 1.00. The van der Waals surface area contributed by atoms with Gasteiger partial charge in [-0.3, -0.25) is 0 Å². The first-order valence-corrected chi connectivity index (χ1v) is 18.6. The minimum atomic E-state index is 0.944. The first kappa shape index (κ1) is 38.0. The van der Waals surface area contributed by atoms with Gasteiger partial charge in [-0.25, -0.2) is 0 Å². The third kappa shape index (κ3) is 30.5. The minimum absolute atomic E-state index is 0.944. The van der Waals surface area contributed by atoms with Crippen molar-refractivity contribution < 1.29 is 0 Å². The lowest BCUT2D eigenvalue weighted by Crippen LogP contribution is -2.01. The van der Waals surface area contributed by atoms with Gasteiger partial charge in [0.25, 0.3) is 0 Å². The third-order valence-electron chi connectivity index (χ3n) is 9.39. The molecule has 0 amide bonds. The highest BCUT2D eigenvalue weighted by atomic mass is 14.1. The first-order chi connectivity index (χ1) is 18.6. The Bertz CT molecular complexity index is 412. The van der Waals surface area contributed by atoms with Gasteiger partial charge < -0.3 is 0 Å². The number of hydrogen-bond donors (Lipinski definition) is 0. The van der Waals surface area contributed by atoms with Crippen molar-refractivity contribution in [3.63, 3.8) is 0 Å². The lowest BCUT2D eigenvalue weighted by Gasteiger charge is -2.16. The van der Waals surface area contributed by atoms with Crippen LogP contribution in [0.5, 0.6) is 0 Å². The van der Waals surface area contributed by atoms with Gasteiger partial charge in [0.15, 0.2) is 0 Å². The quantitative estimate of drug-likeness (QED) is 0.0752. The highest BCUT2D eigenvalue weighted by Gasteiger charge is 2.08. The van der Waals surface area contributed by atoms with Crippen LogP contribution in [0.4, 0.5) is 0 Å². The van der Waals surface area contributed by atoms with Crippen LogP contribution in [-0.4, -0.2) is 0 Å². The molecular formula is C38H78. The van der Waals surface area contributed by atoms with Crippen molar-refractivity contribution in [2.75, 3.05) is 0 Å². The van der Waals surface area contributed by atoms with Crippen molar-refractivity contribution in [1.82, 2.24) is 0 Å². The second-order valence-electron chi connectivity index (χ2n) is 13.8. The summed E-state index contributed by atoms with van der Waals surface area (Å²) >= 11 is 0. The molecule has 0 fully saturated rings. The van der Waals surface area contributed by atoms with E-state index in [2.05, 4.69) is 34.6 Å². The van der Waals surface area contributed by atoms with E-state index in [9.17, 15) is 0 Å². The lowest BCUT2D eigenvalue weighted by molar-refractivity contribution is 0.374. The average molecular weight is 535 g/mol. The van der Waals surface area contributed by atoms with E-state index in [0.717, 1.165) is 17.8 Å². The molecule has 0 aromatic heterocycles. The van der Waals surface area contributed by atoms with Gasteiger partial charge in [0.05, 0.1) is 0 Å². The van der Waals surface area contributed by atoms with Gasteiger partial charge in [-0.2, -0.15) is 0 Å². The average Bonchev–Trinajstić information content (AvgIpc) is 2.90. The summed E-state index contributed by atoms with van der Waals surface area (Å²) in [6.07, 6.45) is 44.0. The van der Waals surface area contributed by atoms with E-state index in [1.807, 2.05) is 0 Å². The summed E-state index contributed by atoms with van der Waals surface area (Å²) in [5, 5.41) is 0. The molecule has 0 aliphatic heterocycles. The van der Waals surface area contributed by atoms with Gasteiger partial charge in [0.1, 0.15) is 0 Å². The Morgan fingerprint density at radius 1 is 0.237 bits per heavy atom. The van der Waals surface area contributed by atoms with Crippen LogP contribution in [0.25, 0.3) is 0 Å². The maximum Gasteiger partial charge on any atom is -0.0443 e. The zero-order chi connectivity index (χ0) is 27.9. The molecule has 0 bridgehead atoms. The minimum Gasteiger partial charge on any atom is -0.0654 e. The van der Waals surface area contributed by atoms with Crippen molar-refractivity contribution >= 4 is 0 Å². The van der Waals surface area contributed by atoms with Gasteiger partial charge in [-0.05, 0) is 17.8 Å². The molecule has 0 spiro atoms. The molecule has 0 saturated heterocycles. The van der Waals surface area contributed by atoms with E-state index in [4.69, 9.17) is 0 Å². The van der Waals surface area contributed by atoms with Crippen molar-refractivity contribution in [1.29, 1.82) is 0 Å². The van der Waals surface area contributed by atoms with Gasteiger partial charge in [0, 0.05) is 0 Å². The molecule has 0 N–H and O–H groups in total. The van der Waals surface area contributed by atoms with Crippen LogP contribution >= 0.6 is 0 Å². The largest absolute Gasteiger partial charge is 0.0654 e. The molecule has 0 heterocycles. The van der Waals surface area contributed by atoms with Crippen LogP contribution in [-0.2, 0) is 0 Å². The molecule has 38 heavy (non-hydrogen) atoms. The Kier molecular flexibility index (Phi) is 31.5. The van der Waals surface area contributed by atoms with E-state index >= 15 is 0 Å². The van der Waals surface area contributed by atoms with E-state index in [0.29, 0.717) is 0 Å². The molecule has 3 atom stereocenters. The topological polar surface area (TPSA) is 0 Å². The summed E-state index contributed by atoms with van der Waals surface area (Å²) in [6, 6.07) is 0. The molecule has 0 aromatic rings. The molecule has 0 aliphatic carbocycles. The van der Waals surface area contributed by atoms with E-state index < -0.39 is 0 Å². The van der Waals surface area contributed by atoms with Gasteiger partial charge in [-0.1, -0.05) is 227 Å². The molecule has 230 valence electrons. The van der Waals surface area contributed by atoms with Crippen molar-refractivity contribution in [3.05, 3.63) is 0 Å². The number of unbranched alkanes of at least 4 members (excludes halogenated alkanes) is 20. The Morgan fingerprint density at radius 3 is 0.684 bits per heavy atom. The molecule has 0 radical (unpaired) electrons. The molecule has 0 aromatic carbocycles. The smallest absolute Gasteiger partial charge is 0.0443 e. The fourth-order valence-corrected chi connectivity index (χ4v) is 6.38. The maximum atomic E-state index is 2.51. The Labute approximate surface area is 244 Å². The lowest BCUT2D eigenvalue weighted by atomic mass is 9.90. The monoisotopic (exact) mass is 535 g/mol. The maximum absolute atomic E-state index is 2.51. The number of hydrogen-bond acceptors (Lipinski definition) is 0. The third-order valence-corrected chi connectivity index (χ3v) is 9.39. The zero-order valence-electron chi connectivity index (χ0n) is 27.9. The Morgan fingerprint density at radius 2 is 0.421 bits per heavy atom. The van der Waals surface area contributed by atoms with Gasteiger partial charge in [-0.15, -0.1) is 0 Å². The van der Waals surface area contributed by atoms with Crippen molar-refractivity contribution in [2.24, 2.45) is 17.8 Å². The Hall–Kier alpha value is 0. The predicted octanol–water partition coefficient (Wildman–Crippen LogP) is 14.6. The van der Waals surface area contributed by atoms with Gasteiger partial charge >= 0.3 is 0 Å². The predicted molar refractivity (Wildman–Crippen MR) is 177 cm³/mol. The van der Waals surface area contributed by atoms with Crippen molar-refractivity contribution in [2.45, 2.75) is 227 Å². The summed E-state index contributed by atoms with van der Waals surface area (Å²) in [5.74, 6) is 2.85. The summed E-state index contributed by atoms with van der Waals surface area (Å²) in [4.78, 5) is 0. The highest BCUT2D eigenvalue weighted by molar-refractivity contribution is 4.61. The van der Waals surface area contributed by atoms with Gasteiger partial charge in [0.2, 0.25) is 0 Å². The normalized spacial score (nSPS) is 14.1. The molecule has 3 unspecified atom stereocenters. The summed E-state index contributed by atoms with van der Waals surface area (Å²) < 4.78 is 0. The second kappa shape index (κ2) is 31.5. The van der Waals surface area contributed by atoms with Crippen LogP contribution < -0.4 is 0 Å². The van der Waals surface area contributed by atoms with Crippen LogP contribution in [0.3, 0.4) is 0 Å². The van der Waals surface area contributed by atoms with Crippen molar-refractivity contribution in [3.8, 4) is 0 Å². The van der Waals surface area contributed by atoms with E-state index in [1.165, 1.54) is 193 Å². The molecule has 0 heteroatoms. The zero-order valence-corrected chi connectivity index (χ0v) is 27.9. The first-order valence-electron chi connectivity index (χ1n) is 18.6. The van der Waals surface area contributed by atoms with Crippen LogP contribution in [0.1, 0.15) is 227 Å².